The van der Waals surface area contributed by atoms with Gasteiger partial charge in [-0.3, -0.25) is 0 Å². The zero-order chi connectivity index (χ0) is 11.2. The maximum Gasteiger partial charge on any atom is 0.269 e. The van der Waals surface area contributed by atoms with Gasteiger partial charge in [0.05, 0.1) is 6.20 Å². The molecule has 0 bridgehead atoms. The molecule has 0 aliphatic heterocycles. The van der Waals surface area contributed by atoms with Gasteiger partial charge in [0.15, 0.2) is 5.69 Å². The van der Waals surface area contributed by atoms with Gasteiger partial charge in [-0.15, -0.1) is 10.2 Å². The first-order valence-corrected chi connectivity index (χ1v) is 5.29. The van der Waals surface area contributed by atoms with Crippen molar-refractivity contribution in [3.05, 3.63) is 12.1 Å². The highest BCUT2D eigenvalue weighted by atomic mass is 16.4. The van der Waals surface area contributed by atoms with Crippen LogP contribution in [-0.2, 0) is 6.42 Å². The van der Waals surface area contributed by atoms with Crippen molar-refractivity contribution in [3.8, 4) is 11.6 Å². The fourth-order valence-electron chi connectivity index (χ4n) is 1.26. The van der Waals surface area contributed by atoms with Crippen molar-refractivity contribution in [2.45, 2.75) is 19.8 Å². The van der Waals surface area contributed by atoms with Crippen molar-refractivity contribution in [2.24, 2.45) is 0 Å². The fraction of sp³-hybridized carbons (Fsp3) is 0.556. The summed E-state index contributed by atoms with van der Waals surface area (Å²) < 4.78 is 5.42. The van der Waals surface area contributed by atoms with Crippen LogP contribution in [0.5, 0.6) is 0 Å². The summed E-state index contributed by atoms with van der Waals surface area (Å²) in [4.78, 5) is 0. The van der Waals surface area contributed by atoms with Gasteiger partial charge in [0, 0.05) is 13.0 Å². The molecule has 0 fully saturated rings. The monoisotopic (exact) mass is 222 g/mol. The number of nitrogens with zero attached hydrogens (tertiary/aromatic N) is 4. The average Bonchev–Trinajstić information content (AvgIpc) is 2.94. The number of hydrogen-bond acceptors (Lipinski definition) is 6. The lowest BCUT2D eigenvalue weighted by Crippen LogP contribution is -2.17. The van der Waals surface area contributed by atoms with Crippen LogP contribution in [0.2, 0.25) is 0 Å². The fourth-order valence-corrected chi connectivity index (χ4v) is 1.26. The number of aromatic amines is 1. The van der Waals surface area contributed by atoms with Gasteiger partial charge in [-0.05, 0) is 13.0 Å². The molecule has 0 saturated carbocycles. The van der Waals surface area contributed by atoms with E-state index in [1.165, 1.54) is 0 Å². The van der Waals surface area contributed by atoms with E-state index in [4.69, 9.17) is 4.42 Å². The SMILES string of the molecule is CCCNCCc1nnc(-c2cn[nH]n2)o1. The van der Waals surface area contributed by atoms with E-state index in [1.807, 2.05) is 0 Å². The standard InChI is InChI=1S/C9H14N6O/c1-2-4-10-5-3-8-13-14-9(16-8)7-6-11-15-12-7/h6,10H,2-5H2,1H3,(H,11,12,15). The molecule has 0 spiro atoms. The molecule has 16 heavy (non-hydrogen) atoms. The van der Waals surface area contributed by atoms with Crippen LogP contribution in [0, 0.1) is 0 Å². The summed E-state index contributed by atoms with van der Waals surface area (Å²) in [5.41, 5.74) is 0.570. The van der Waals surface area contributed by atoms with E-state index in [-0.39, 0.29) is 0 Å². The Morgan fingerprint density at radius 1 is 1.38 bits per heavy atom. The number of H-pyrrole nitrogens is 1. The zero-order valence-electron chi connectivity index (χ0n) is 9.10. The van der Waals surface area contributed by atoms with Crippen molar-refractivity contribution in [1.82, 2.24) is 30.9 Å². The number of aromatic nitrogens is 5. The first-order valence-electron chi connectivity index (χ1n) is 5.29. The molecule has 7 nitrogen and oxygen atoms in total. The van der Waals surface area contributed by atoms with Crippen LogP contribution >= 0.6 is 0 Å². The van der Waals surface area contributed by atoms with E-state index >= 15 is 0 Å². The first kappa shape index (κ1) is 10.7. The molecule has 0 saturated heterocycles. The third-order valence-electron chi connectivity index (χ3n) is 2.04. The molecule has 0 radical (unpaired) electrons. The van der Waals surface area contributed by atoms with Crippen LogP contribution in [0.4, 0.5) is 0 Å². The summed E-state index contributed by atoms with van der Waals surface area (Å²) in [5, 5.41) is 21.1. The topological polar surface area (TPSA) is 92.5 Å². The molecular formula is C9H14N6O. The van der Waals surface area contributed by atoms with Crippen molar-refractivity contribution < 1.29 is 4.42 Å². The first-order chi connectivity index (χ1) is 7.90. The number of rotatable bonds is 6. The Labute approximate surface area is 92.7 Å². The summed E-state index contributed by atoms with van der Waals surface area (Å²) in [6.45, 7) is 3.97. The number of nitrogens with one attached hydrogen (secondary N) is 2. The van der Waals surface area contributed by atoms with E-state index in [9.17, 15) is 0 Å². The van der Waals surface area contributed by atoms with Crippen LogP contribution in [0.1, 0.15) is 19.2 Å². The Morgan fingerprint density at radius 3 is 3.06 bits per heavy atom. The minimum atomic E-state index is 0.402. The third-order valence-corrected chi connectivity index (χ3v) is 2.04. The van der Waals surface area contributed by atoms with Crippen LogP contribution in [0.25, 0.3) is 11.6 Å². The molecular weight excluding hydrogens is 208 g/mol. The normalized spacial score (nSPS) is 10.8. The molecule has 2 heterocycles. The van der Waals surface area contributed by atoms with E-state index in [1.54, 1.807) is 6.20 Å². The van der Waals surface area contributed by atoms with E-state index in [0.29, 0.717) is 17.5 Å². The second-order valence-corrected chi connectivity index (χ2v) is 3.36. The van der Waals surface area contributed by atoms with Crippen LogP contribution < -0.4 is 5.32 Å². The highest BCUT2D eigenvalue weighted by Gasteiger charge is 2.09. The Morgan fingerprint density at radius 2 is 2.31 bits per heavy atom. The van der Waals surface area contributed by atoms with Gasteiger partial charge in [0.1, 0.15) is 0 Å². The van der Waals surface area contributed by atoms with Crippen molar-refractivity contribution in [1.29, 1.82) is 0 Å². The molecule has 0 unspecified atom stereocenters. The molecule has 0 aliphatic carbocycles. The van der Waals surface area contributed by atoms with E-state index in [2.05, 4.69) is 37.8 Å². The highest BCUT2D eigenvalue weighted by Crippen LogP contribution is 2.12. The molecule has 86 valence electrons. The predicted molar refractivity (Wildman–Crippen MR) is 56.5 cm³/mol. The molecule has 7 heteroatoms. The highest BCUT2D eigenvalue weighted by molar-refractivity contribution is 5.42. The summed E-state index contributed by atoms with van der Waals surface area (Å²) in [6, 6.07) is 0. The van der Waals surface area contributed by atoms with Gasteiger partial charge in [0.25, 0.3) is 5.89 Å². The second-order valence-electron chi connectivity index (χ2n) is 3.36. The third kappa shape index (κ3) is 2.63. The van der Waals surface area contributed by atoms with Crippen molar-refractivity contribution in [2.75, 3.05) is 13.1 Å². The minimum absolute atomic E-state index is 0.402. The zero-order valence-corrected chi connectivity index (χ0v) is 9.10. The maximum absolute atomic E-state index is 5.42. The molecule has 0 amide bonds. The Bertz CT molecular complexity index is 409. The van der Waals surface area contributed by atoms with Gasteiger partial charge in [-0.1, -0.05) is 6.92 Å². The Kier molecular flexibility index (Phi) is 3.60. The molecule has 0 aromatic carbocycles. The van der Waals surface area contributed by atoms with Crippen molar-refractivity contribution in [3.63, 3.8) is 0 Å². The number of hydrogen-bond donors (Lipinski definition) is 2. The van der Waals surface area contributed by atoms with E-state index < -0.39 is 0 Å². The second kappa shape index (κ2) is 5.36. The molecule has 0 atom stereocenters. The quantitative estimate of drug-likeness (QED) is 0.687. The molecule has 2 aromatic heterocycles. The van der Waals surface area contributed by atoms with Crippen LogP contribution in [-0.4, -0.2) is 38.7 Å². The van der Waals surface area contributed by atoms with Gasteiger partial charge < -0.3 is 9.73 Å². The lowest BCUT2D eigenvalue weighted by molar-refractivity contribution is 0.493. The Balaban J connectivity index is 1.88. The van der Waals surface area contributed by atoms with Gasteiger partial charge >= 0.3 is 0 Å². The van der Waals surface area contributed by atoms with Crippen LogP contribution in [0.3, 0.4) is 0 Å². The molecule has 2 rings (SSSR count). The summed E-state index contributed by atoms with van der Waals surface area (Å²) in [6.07, 6.45) is 3.39. The van der Waals surface area contributed by atoms with Crippen LogP contribution in [0.15, 0.2) is 10.6 Å². The summed E-state index contributed by atoms with van der Waals surface area (Å²) in [7, 11) is 0. The average molecular weight is 222 g/mol. The molecule has 0 aliphatic rings. The van der Waals surface area contributed by atoms with Crippen molar-refractivity contribution >= 4 is 0 Å². The molecule has 2 aromatic rings. The Hall–Kier alpha value is -1.76. The smallest absolute Gasteiger partial charge is 0.269 e. The van der Waals surface area contributed by atoms with Gasteiger partial charge in [0.2, 0.25) is 5.89 Å². The summed E-state index contributed by atoms with van der Waals surface area (Å²) in [5.74, 6) is 1.01. The molecule has 2 N–H and O–H groups in total. The maximum atomic E-state index is 5.42. The lowest BCUT2D eigenvalue weighted by atomic mass is 10.4. The lowest BCUT2D eigenvalue weighted by Gasteiger charge is -1.98. The summed E-state index contributed by atoms with van der Waals surface area (Å²) >= 11 is 0. The van der Waals surface area contributed by atoms with E-state index in [0.717, 1.165) is 25.9 Å². The predicted octanol–water partition coefficient (Wildman–Crippen LogP) is 0.397. The minimum Gasteiger partial charge on any atom is -0.419 e. The van der Waals surface area contributed by atoms with Gasteiger partial charge in [-0.25, -0.2) is 0 Å². The largest absolute Gasteiger partial charge is 0.419 e. The van der Waals surface area contributed by atoms with Gasteiger partial charge in [-0.2, -0.15) is 15.4 Å².